The summed E-state index contributed by atoms with van der Waals surface area (Å²) >= 11 is 0. The molecular formula is C9H18FNO2. The molecule has 4 heteroatoms. The molecule has 0 saturated carbocycles. The molecule has 0 atom stereocenters. The summed E-state index contributed by atoms with van der Waals surface area (Å²) in [5, 5.41) is 0.861. The fourth-order valence-corrected chi connectivity index (χ4v) is 0.823. The SMILES string of the molecule is CC(C)(C)OC=O.FN1CCCC1. The van der Waals surface area contributed by atoms with Gasteiger partial charge in [-0.2, -0.15) is 0 Å². The van der Waals surface area contributed by atoms with Crippen LogP contribution in [0.3, 0.4) is 0 Å². The smallest absolute Gasteiger partial charge is 0.293 e. The quantitative estimate of drug-likeness (QED) is 0.468. The van der Waals surface area contributed by atoms with E-state index in [1.807, 2.05) is 20.8 Å². The fourth-order valence-electron chi connectivity index (χ4n) is 0.823. The van der Waals surface area contributed by atoms with E-state index in [9.17, 15) is 9.28 Å². The van der Waals surface area contributed by atoms with Crippen molar-refractivity contribution in [2.75, 3.05) is 13.1 Å². The predicted octanol–water partition coefficient (Wildman–Crippen LogP) is 1.92. The predicted molar refractivity (Wildman–Crippen MR) is 48.8 cm³/mol. The first-order valence-corrected chi connectivity index (χ1v) is 4.48. The molecule has 0 aromatic heterocycles. The molecule has 0 aromatic carbocycles. The van der Waals surface area contributed by atoms with Gasteiger partial charge in [0.05, 0.1) is 0 Å². The van der Waals surface area contributed by atoms with Gasteiger partial charge in [-0.15, -0.1) is 9.60 Å². The number of carbonyl (C=O) groups is 1. The Hall–Kier alpha value is -0.640. The Kier molecular flexibility index (Phi) is 5.62. The third kappa shape index (κ3) is 9.27. The second kappa shape index (κ2) is 5.91. The van der Waals surface area contributed by atoms with E-state index in [1.54, 1.807) is 0 Å². The van der Waals surface area contributed by atoms with Gasteiger partial charge in [0, 0.05) is 13.1 Å². The standard InChI is InChI=1S/C5H10O2.C4H8FN/c1-5(2,3)7-4-6;5-6-3-1-2-4-6/h4H,1-3H3;1-4H2. The topological polar surface area (TPSA) is 29.5 Å². The van der Waals surface area contributed by atoms with Gasteiger partial charge < -0.3 is 4.74 Å². The van der Waals surface area contributed by atoms with Gasteiger partial charge in [0.25, 0.3) is 6.47 Å². The molecule has 0 unspecified atom stereocenters. The zero-order chi connectivity index (χ0) is 10.3. The van der Waals surface area contributed by atoms with E-state index >= 15 is 0 Å². The van der Waals surface area contributed by atoms with Gasteiger partial charge in [0.1, 0.15) is 5.60 Å². The minimum absolute atomic E-state index is 0.318. The fraction of sp³-hybridized carbons (Fsp3) is 0.889. The molecule has 78 valence electrons. The molecule has 0 radical (unpaired) electrons. The van der Waals surface area contributed by atoms with Crippen LogP contribution in [0.1, 0.15) is 33.6 Å². The minimum Gasteiger partial charge on any atom is -0.462 e. The van der Waals surface area contributed by atoms with Crippen molar-refractivity contribution < 1.29 is 14.0 Å². The van der Waals surface area contributed by atoms with Crippen LogP contribution in [0.15, 0.2) is 0 Å². The highest BCUT2D eigenvalue weighted by Crippen LogP contribution is 2.05. The van der Waals surface area contributed by atoms with Crippen LogP contribution in [-0.2, 0) is 9.53 Å². The number of nitrogens with zero attached hydrogens (tertiary/aromatic N) is 1. The van der Waals surface area contributed by atoms with Gasteiger partial charge in [0.2, 0.25) is 0 Å². The molecule has 0 bridgehead atoms. The Morgan fingerprint density at radius 2 is 1.77 bits per heavy atom. The number of carbonyl (C=O) groups excluding carboxylic acids is 1. The average molecular weight is 191 g/mol. The van der Waals surface area contributed by atoms with E-state index in [0.29, 0.717) is 19.6 Å². The van der Waals surface area contributed by atoms with Crippen molar-refractivity contribution in [3.63, 3.8) is 0 Å². The zero-order valence-corrected chi connectivity index (χ0v) is 8.55. The Bertz CT molecular complexity index is 139. The summed E-state index contributed by atoms with van der Waals surface area (Å²) in [6.45, 7) is 7.23. The van der Waals surface area contributed by atoms with Crippen LogP contribution in [0.2, 0.25) is 0 Å². The third-order valence-electron chi connectivity index (χ3n) is 1.45. The van der Waals surface area contributed by atoms with Crippen molar-refractivity contribution in [1.29, 1.82) is 0 Å². The third-order valence-corrected chi connectivity index (χ3v) is 1.45. The van der Waals surface area contributed by atoms with Crippen molar-refractivity contribution in [2.24, 2.45) is 0 Å². The van der Waals surface area contributed by atoms with Gasteiger partial charge >= 0.3 is 0 Å². The first kappa shape index (κ1) is 12.4. The monoisotopic (exact) mass is 191 g/mol. The summed E-state index contributed by atoms with van der Waals surface area (Å²) in [6.07, 6.45) is 2.08. The molecule has 0 N–H and O–H groups in total. The second-order valence-electron chi connectivity index (χ2n) is 3.94. The van der Waals surface area contributed by atoms with Crippen LogP contribution in [0.4, 0.5) is 4.48 Å². The molecule has 1 saturated heterocycles. The second-order valence-corrected chi connectivity index (χ2v) is 3.94. The lowest BCUT2D eigenvalue weighted by atomic mass is 10.2. The molecule has 1 fully saturated rings. The normalized spacial score (nSPS) is 17.5. The van der Waals surface area contributed by atoms with Gasteiger partial charge in [-0.25, -0.2) is 0 Å². The van der Waals surface area contributed by atoms with Crippen molar-refractivity contribution >= 4 is 6.47 Å². The number of halogens is 1. The Morgan fingerprint density at radius 3 is 1.85 bits per heavy atom. The van der Waals surface area contributed by atoms with E-state index in [4.69, 9.17) is 0 Å². The molecule has 13 heavy (non-hydrogen) atoms. The summed E-state index contributed by atoms with van der Waals surface area (Å²) in [5.41, 5.74) is -0.318. The first-order valence-electron chi connectivity index (χ1n) is 4.48. The van der Waals surface area contributed by atoms with Crippen LogP contribution in [-0.4, -0.2) is 30.3 Å². The molecular weight excluding hydrogens is 173 g/mol. The van der Waals surface area contributed by atoms with Crippen molar-refractivity contribution in [2.45, 2.75) is 39.2 Å². The van der Waals surface area contributed by atoms with Gasteiger partial charge in [0.15, 0.2) is 0 Å². The van der Waals surface area contributed by atoms with Gasteiger partial charge in [-0.1, -0.05) is 0 Å². The zero-order valence-electron chi connectivity index (χ0n) is 8.55. The molecule has 0 aromatic rings. The van der Waals surface area contributed by atoms with Crippen LogP contribution in [0.5, 0.6) is 0 Å². The number of hydrogen-bond acceptors (Lipinski definition) is 3. The van der Waals surface area contributed by atoms with Crippen molar-refractivity contribution in [1.82, 2.24) is 5.12 Å². The molecule has 1 aliphatic rings. The van der Waals surface area contributed by atoms with E-state index in [-0.39, 0.29) is 5.60 Å². The summed E-state index contributed by atoms with van der Waals surface area (Å²) in [5.74, 6) is 0. The number of hydrogen-bond donors (Lipinski definition) is 0. The van der Waals surface area contributed by atoms with Gasteiger partial charge in [-0.3, -0.25) is 4.79 Å². The van der Waals surface area contributed by atoms with Crippen LogP contribution in [0.25, 0.3) is 0 Å². The molecule has 1 aliphatic heterocycles. The van der Waals surface area contributed by atoms with Crippen LogP contribution in [0, 0.1) is 0 Å². The molecule has 1 rings (SSSR count). The maximum atomic E-state index is 11.8. The van der Waals surface area contributed by atoms with E-state index in [2.05, 4.69) is 4.74 Å². The molecule has 0 amide bonds. The highest BCUT2D eigenvalue weighted by Gasteiger charge is 2.08. The maximum absolute atomic E-state index is 11.8. The summed E-state index contributed by atoms with van der Waals surface area (Å²) in [6, 6.07) is 0. The van der Waals surface area contributed by atoms with E-state index in [0.717, 1.165) is 18.0 Å². The highest BCUT2D eigenvalue weighted by atomic mass is 19.2. The average Bonchev–Trinajstić information content (AvgIpc) is 2.38. The van der Waals surface area contributed by atoms with E-state index < -0.39 is 0 Å². The Labute approximate surface area is 78.8 Å². The summed E-state index contributed by atoms with van der Waals surface area (Å²) < 4.78 is 16.3. The molecule has 0 aliphatic carbocycles. The lowest BCUT2D eigenvalue weighted by Crippen LogP contribution is -2.17. The maximum Gasteiger partial charge on any atom is 0.293 e. The van der Waals surface area contributed by atoms with E-state index in [1.165, 1.54) is 0 Å². The van der Waals surface area contributed by atoms with Crippen molar-refractivity contribution in [3.8, 4) is 0 Å². The minimum atomic E-state index is -0.318. The lowest BCUT2D eigenvalue weighted by molar-refractivity contribution is -0.138. The van der Waals surface area contributed by atoms with Crippen molar-refractivity contribution in [3.05, 3.63) is 0 Å². The number of ether oxygens (including phenoxy) is 1. The Morgan fingerprint density at radius 1 is 1.31 bits per heavy atom. The summed E-state index contributed by atoms with van der Waals surface area (Å²) in [7, 11) is 0. The first-order chi connectivity index (χ1) is 5.95. The van der Waals surface area contributed by atoms with Crippen LogP contribution < -0.4 is 0 Å². The molecule has 3 nitrogen and oxygen atoms in total. The number of rotatable bonds is 1. The summed E-state index contributed by atoms with van der Waals surface area (Å²) in [4.78, 5) is 9.60. The lowest BCUT2D eigenvalue weighted by Gasteiger charge is -2.14. The molecule has 1 heterocycles. The largest absolute Gasteiger partial charge is 0.462 e. The Balaban J connectivity index is 0.000000223. The molecule has 0 spiro atoms. The van der Waals surface area contributed by atoms with Gasteiger partial charge in [-0.05, 0) is 33.6 Å². The highest BCUT2D eigenvalue weighted by molar-refractivity contribution is 5.37. The van der Waals surface area contributed by atoms with Crippen LogP contribution >= 0.6 is 0 Å².